The van der Waals surface area contributed by atoms with Crippen molar-refractivity contribution in [2.75, 3.05) is 38.1 Å². The average Bonchev–Trinajstić information content (AvgIpc) is 3.19. The van der Waals surface area contributed by atoms with Crippen LogP contribution in [0.3, 0.4) is 0 Å². The van der Waals surface area contributed by atoms with Crippen molar-refractivity contribution in [2.24, 2.45) is 10.7 Å². The van der Waals surface area contributed by atoms with Gasteiger partial charge in [0, 0.05) is 38.9 Å². The molecule has 1 amide bonds. The Bertz CT molecular complexity index is 951. The summed E-state index contributed by atoms with van der Waals surface area (Å²) in [6.45, 7) is 10.9. The fraction of sp³-hybridized carbons (Fsp3) is 0.368. The van der Waals surface area contributed by atoms with E-state index < -0.39 is 5.91 Å². The summed E-state index contributed by atoms with van der Waals surface area (Å²) >= 11 is 1.39. The zero-order valence-electron chi connectivity index (χ0n) is 16.4. The first-order valence-corrected chi connectivity index (χ1v) is 9.98. The van der Waals surface area contributed by atoms with Gasteiger partial charge in [-0.2, -0.15) is 0 Å². The van der Waals surface area contributed by atoms with Crippen LogP contribution < -0.4 is 16.2 Å². The molecule has 0 saturated carbocycles. The summed E-state index contributed by atoms with van der Waals surface area (Å²) in [6, 6.07) is 1.85. The lowest BCUT2D eigenvalue weighted by atomic mass is 10.2. The van der Waals surface area contributed by atoms with E-state index in [2.05, 4.69) is 26.4 Å². The van der Waals surface area contributed by atoms with Gasteiger partial charge in [0.15, 0.2) is 0 Å². The maximum Gasteiger partial charge on any atom is 0.270 e. The van der Waals surface area contributed by atoms with E-state index in [9.17, 15) is 9.59 Å². The molecule has 8 nitrogen and oxygen atoms in total. The van der Waals surface area contributed by atoms with Gasteiger partial charge >= 0.3 is 0 Å². The molecule has 0 aromatic carbocycles. The molecule has 0 atom stereocenters. The molecule has 3 N–H and O–H groups in total. The van der Waals surface area contributed by atoms with Gasteiger partial charge < -0.3 is 15.5 Å². The Hall–Kier alpha value is -2.94. The van der Waals surface area contributed by atoms with Crippen LogP contribution in [0.4, 0.5) is 5.95 Å². The number of aromatic nitrogens is 2. The van der Waals surface area contributed by atoms with Crippen molar-refractivity contribution >= 4 is 39.1 Å². The van der Waals surface area contributed by atoms with Crippen LogP contribution >= 0.6 is 11.3 Å². The molecule has 28 heavy (non-hydrogen) atoms. The molecule has 1 aliphatic heterocycles. The number of amides is 1. The number of fused-ring (bicyclic) bond motifs is 1. The van der Waals surface area contributed by atoms with Crippen molar-refractivity contribution in [2.45, 2.75) is 13.8 Å². The molecule has 3 heterocycles. The first kappa shape index (κ1) is 21.4. The Labute approximate surface area is 168 Å². The molecule has 150 valence electrons. The van der Waals surface area contributed by atoms with Gasteiger partial charge in [-0.3, -0.25) is 19.6 Å². The van der Waals surface area contributed by atoms with Gasteiger partial charge in [-0.05, 0) is 23.6 Å². The minimum Gasteiger partial charge on any atom is -0.368 e. The molecule has 0 aliphatic carbocycles. The van der Waals surface area contributed by atoms with Gasteiger partial charge in [0.05, 0.1) is 5.52 Å². The lowest BCUT2D eigenvalue weighted by molar-refractivity contribution is -0.111. The highest BCUT2D eigenvalue weighted by molar-refractivity contribution is 7.17. The number of nitrogens with one attached hydrogen (secondary N) is 1. The van der Waals surface area contributed by atoms with Crippen molar-refractivity contribution < 1.29 is 4.79 Å². The summed E-state index contributed by atoms with van der Waals surface area (Å²) in [5.74, 6) is 0.0241. The van der Waals surface area contributed by atoms with Crippen molar-refractivity contribution in [3.05, 3.63) is 46.2 Å². The molecule has 0 spiro atoms. The fourth-order valence-electron chi connectivity index (χ4n) is 2.76. The van der Waals surface area contributed by atoms with E-state index in [-0.39, 0.29) is 11.3 Å². The van der Waals surface area contributed by atoms with Gasteiger partial charge in [-0.1, -0.05) is 20.4 Å². The van der Waals surface area contributed by atoms with Gasteiger partial charge in [0.2, 0.25) is 5.95 Å². The van der Waals surface area contributed by atoms with Crippen molar-refractivity contribution in [3.8, 4) is 0 Å². The third-order valence-electron chi connectivity index (χ3n) is 4.21. The molecule has 0 radical (unpaired) electrons. The third-order valence-corrected chi connectivity index (χ3v) is 5.12. The first-order valence-electron chi connectivity index (χ1n) is 9.10. The van der Waals surface area contributed by atoms with E-state index in [0.717, 1.165) is 24.3 Å². The van der Waals surface area contributed by atoms with Crippen molar-refractivity contribution in [1.82, 2.24) is 14.9 Å². The largest absolute Gasteiger partial charge is 0.368 e. The number of carbonyl (C=O) groups is 1. The number of thiophene rings is 1. The lowest BCUT2D eigenvalue weighted by Crippen LogP contribution is -2.46. The van der Waals surface area contributed by atoms with E-state index in [1.807, 2.05) is 30.2 Å². The average molecular weight is 403 g/mol. The number of piperazine rings is 1. The van der Waals surface area contributed by atoms with Crippen LogP contribution in [0.5, 0.6) is 0 Å². The SMILES string of the molecule is C=C(/C=C\C(=NC)C(N)=O)N1CCN(c2nc3ccsc3c(=O)[nH]2)CC1.CC. The van der Waals surface area contributed by atoms with Crippen LogP contribution in [-0.2, 0) is 4.79 Å². The number of allylic oxidation sites excluding steroid dienone is 1. The molecule has 0 unspecified atom stereocenters. The van der Waals surface area contributed by atoms with E-state index in [0.29, 0.717) is 23.7 Å². The van der Waals surface area contributed by atoms with E-state index in [1.165, 1.54) is 18.4 Å². The summed E-state index contributed by atoms with van der Waals surface area (Å²) in [5, 5.41) is 1.87. The van der Waals surface area contributed by atoms with Crippen molar-refractivity contribution in [1.29, 1.82) is 0 Å². The number of aliphatic imine (C=N–C) groups is 1. The topological polar surface area (TPSA) is 108 Å². The normalized spacial score (nSPS) is 14.9. The third kappa shape index (κ3) is 4.86. The van der Waals surface area contributed by atoms with Gasteiger partial charge in [-0.25, -0.2) is 4.98 Å². The number of nitrogens with zero attached hydrogens (tertiary/aromatic N) is 4. The van der Waals surface area contributed by atoms with Crippen LogP contribution in [0.15, 0.2) is 45.7 Å². The second-order valence-corrected chi connectivity index (χ2v) is 6.71. The van der Waals surface area contributed by atoms with Crippen LogP contribution in [0, 0.1) is 0 Å². The van der Waals surface area contributed by atoms with Crippen LogP contribution in [0.1, 0.15) is 13.8 Å². The second kappa shape index (κ2) is 9.84. The highest BCUT2D eigenvalue weighted by atomic mass is 32.1. The highest BCUT2D eigenvalue weighted by Crippen LogP contribution is 2.18. The predicted molar refractivity (Wildman–Crippen MR) is 116 cm³/mol. The Balaban J connectivity index is 0.00000136. The Morgan fingerprint density at radius 2 is 2.00 bits per heavy atom. The second-order valence-electron chi connectivity index (χ2n) is 5.80. The molecule has 2 aromatic rings. The smallest absolute Gasteiger partial charge is 0.270 e. The number of carbonyl (C=O) groups excluding carboxylic acids is 1. The van der Waals surface area contributed by atoms with E-state index in [1.54, 1.807) is 12.2 Å². The quantitative estimate of drug-likeness (QED) is 0.585. The number of primary amides is 1. The molecular weight excluding hydrogens is 376 g/mol. The molecule has 1 saturated heterocycles. The number of aromatic amines is 1. The number of hydrogen-bond donors (Lipinski definition) is 2. The summed E-state index contributed by atoms with van der Waals surface area (Å²) in [5.41, 5.74) is 6.84. The zero-order valence-corrected chi connectivity index (χ0v) is 17.3. The number of hydrogen-bond acceptors (Lipinski definition) is 7. The molecule has 3 rings (SSSR count). The Morgan fingerprint density at radius 3 is 2.61 bits per heavy atom. The Morgan fingerprint density at radius 1 is 1.32 bits per heavy atom. The minimum atomic E-state index is -0.569. The number of rotatable bonds is 5. The van der Waals surface area contributed by atoms with E-state index in [4.69, 9.17) is 5.73 Å². The minimum absolute atomic E-state index is 0.104. The highest BCUT2D eigenvalue weighted by Gasteiger charge is 2.20. The molecular formula is C19H26N6O2S. The summed E-state index contributed by atoms with van der Waals surface area (Å²) in [7, 11) is 1.52. The maximum absolute atomic E-state index is 12.1. The Kier molecular flexibility index (Phi) is 7.51. The fourth-order valence-corrected chi connectivity index (χ4v) is 3.49. The maximum atomic E-state index is 12.1. The molecule has 1 fully saturated rings. The number of nitrogens with two attached hydrogens (primary N) is 1. The van der Waals surface area contributed by atoms with Crippen LogP contribution in [0.2, 0.25) is 0 Å². The first-order chi connectivity index (χ1) is 13.5. The molecule has 0 bridgehead atoms. The number of anilines is 1. The van der Waals surface area contributed by atoms with Crippen LogP contribution in [-0.4, -0.2) is 59.7 Å². The lowest BCUT2D eigenvalue weighted by Gasteiger charge is -2.36. The zero-order chi connectivity index (χ0) is 20.7. The summed E-state index contributed by atoms with van der Waals surface area (Å²) in [6.07, 6.45) is 3.31. The molecule has 1 aliphatic rings. The predicted octanol–water partition coefficient (Wildman–Crippen LogP) is 1.76. The molecule has 2 aromatic heterocycles. The summed E-state index contributed by atoms with van der Waals surface area (Å²) < 4.78 is 0.647. The summed E-state index contributed by atoms with van der Waals surface area (Å²) in [4.78, 5) is 38.7. The monoisotopic (exact) mass is 402 g/mol. The van der Waals surface area contributed by atoms with E-state index >= 15 is 0 Å². The van der Waals surface area contributed by atoms with Gasteiger partial charge in [0.25, 0.3) is 11.5 Å². The van der Waals surface area contributed by atoms with Gasteiger partial charge in [0.1, 0.15) is 10.4 Å². The standard InChI is InChI=1S/C17H20N6O2S.C2H6/c1-11(3-4-13(19-2)15(18)24)22-6-8-23(9-7-22)17-20-12-5-10-26-14(12)16(25)21-17;1-2/h3-5,10H,1,6-9H2,2H3,(H2,18,24)(H,20,21,25);1-2H3/b4-3-,19-13?;. The van der Waals surface area contributed by atoms with Crippen LogP contribution in [0.25, 0.3) is 10.2 Å². The number of H-pyrrole nitrogens is 1. The van der Waals surface area contributed by atoms with Crippen molar-refractivity contribution in [3.63, 3.8) is 0 Å². The van der Waals surface area contributed by atoms with Gasteiger partial charge in [-0.15, -0.1) is 11.3 Å². The molecule has 9 heteroatoms.